The van der Waals surface area contributed by atoms with Crippen molar-refractivity contribution in [3.05, 3.63) is 46.5 Å². The zero-order valence-corrected chi connectivity index (χ0v) is 10.4. The Kier molecular flexibility index (Phi) is 5.00. The highest BCUT2D eigenvalue weighted by atomic mass is 35.5. The molecule has 0 aliphatic carbocycles. The first-order chi connectivity index (χ1) is 7.56. The summed E-state index contributed by atoms with van der Waals surface area (Å²) in [6, 6.07) is 4.76. The molecular weight excluding hydrogens is 247 g/mol. The van der Waals surface area contributed by atoms with Gasteiger partial charge in [0, 0.05) is 10.6 Å². The molecule has 1 rings (SSSR count). The van der Waals surface area contributed by atoms with E-state index < -0.39 is 6.10 Å². The smallest absolute Gasteiger partial charge is 0.192 e. The molecule has 2 nitrogen and oxygen atoms in total. The van der Waals surface area contributed by atoms with Crippen molar-refractivity contribution in [1.82, 2.24) is 0 Å². The molecule has 1 aromatic rings. The minimum Gasteiger partial charge on any atom is -0.366 e. The van der Waals surface area contributed by atoms with E-state index in [1.807, 2.05) is 0 Å². The van der Waals surface area contributed by atoms with Crippen LogP contribution in [0.4, 0.5) is 0 Å². The van der Waals surface area contributed by atoms with Crippen molar-refractivity contribution >= 4 is 29.0 Å². The standard InChI is InChI=1S/C12H12Cl2O2/c1-3-6-16-8(2)12(15)10-5-4-9(13)7-11(10)14/h3-5,7-8H,1,6H2,2H3. The highest BCUT2D eigenvalue weighted by Crippen LogP contribution is 2.22. The molecular formula is C12H12Cl2O2. The minimum absolute atomic E-state index is 0.163. The molecule has 0 amide bonds. The van der Waals surface area contributed by atoms with Gasteiger partial charge >= 0.3 is 0 Å². The molecule has 0 bridgehead atoms. The van der Waals surface area contributed by atoms with Crippen molar-refractivity contribution in [2.75, 3.05) is 6.61 Å². The van der Waals surface area contributed by atoms with Crippen LogP contribution in [-0.4, -0.2) is 18.5 Å². The molecule has 86 valence electrons. The van der Waals surface area contributed by atoms with E-state index in [9.17, 15) is 4.79 Å². The van der Waals surface area contributed by atoms with Gasteiger partial charge in [-0.3, -0.25) is 4.79 Å². The molecule has 16 heavy (non-hydrogen) atoms. The number of hydrogen-bond donors (Lipinski definition) is 0. The van der Waals surface area contributed by atoms with Crippen molar-refractivity contribution in [3.63, 3.8) is 0 Å². The van der Waals surface area contributed by atoms with Crippen LogP contribution in [0.15, 0.2) is 30.9 Å². The number of ketones is 1. The number of hydrogen-bond acceptors (Lipinski definition) is 2. The van der Waals surface area contributed by atoms with Crippen LogP contribution in [0.3, 0.4) is 0 Å². The Labute approximate surface area is 105 Å². The van der Waals surface area contributed by atoms with Crippen LogP contribution in [0.25, 0.3) is 0 Å². The highest BCUT2D eigenvalue weighted by molar-refractivity contribution is 6.37. The molecule has 0 saturated carbocycles. The summed E-state index contributed by atoms with van der Waals surface area (Å²) in [4.78, 5) is 11.9. The molecule has 0 aliphatic rings. The van der Waals surface area contributed by atoms with Crippen LogP contribution in [0.1, 0.15) is 17.3 Å². The Morgan fingerprint density at radius 3 is 2.81 bits per heavy atom. The third-order valence-electron chi connectivity index (χ3n) is 2.03. The van der Waals surface area contributed by atoms with E-state index in [1.165, 1.54) is 6.07 Å². The zero-order valence-electron chi connectivity index (χ0n) is 8.87. The highest BCUT2D eigenvalue weighted by Gasteiger charge is 2.18. The summed E-state index contributed by atoms with van der Waals surface area (Å²) in [7, 11) is 0. The topological polar surface area (TPSA) is 26.3 Å². The Balaban J connectivity index is 2.83. The third-order valence-corrected chi connectivity index (χ3v) is 2.58. The van der Waals surface area contributed by atoms with Gasteiger partial charge in [-0.2, -0.15) is 0 Å². The van der Waals surface area contributed by atoms with Gasteiger partial charge in [-0.15, -0.1) is 6.58 Å². The number of carbonyl (C=O) groups excluding carboxylic acids is 1. The van der Waals surface area contributed by atoms with Gasteiger partial charge in [0.2, 0.25) is 0 Å². The fraction of sp³-hybridized carbons (Fsp3) is 0.250. The van der Waals surface area contributed by atoms with Gasteiger partial charge in [0.25, 0.3) is 0 Å². The maximum absolute atomic E-state index is 11.9. The largest absolute Gasteiger partial charge is 0.366 e. The summed E-state index contributed by atoms with van der Waals surface area (Å²) in [5.74, 6) is -0.163. The molecule has 1 unspecified atom stereocenters. The number of ether oxygens (including phenoxy) is 1. The molecule has 0 saturated heterocycles. The van der Waals surface area contributed by atoms with Gasteiger partial charge in [0.05, 0.1) is 11.6 Å². The van der Waals surface area contributed by atoms with E-state index in [1.54, 1.807) is 25.1 Å². The summed E-state index contributed by atoms with van der Waals surface area (Å²) in [5.41, 5.74) is 0.419. The van der Waals surface area contributed by atoms with Crippen LogP contribution < -0.4 is 0 Å². The summed E-state index contributed by atoms with van der Waals surface area (Å²) < 4.78 is 5.23. The Hall–Kier alpha value is -0.830. The van der Waals surface area contributed by atoms with Crippen molar-refractivity contribution < 1.29 is 9.53 Å². The van der Waals surface area contributed by atoms with Gasteiger partial charge in [-0.25, -0.2) is 0 Å². The summed E-state index contributed by atoms with van der Waals surface area (Å²) in [6.45, 7) is 5.52. The number of benzene rings is 1. The lowest BCUT2D eigenvalue weighted by Crippen LogP contribution is -2.21. The molecule has 0 heterocycles. The number of carbonyl (C=O) groups is 1. The normalized spacial score (nSPS) is 12.2. The molecule has 0 aromatic heterocycles. The monoisotopic (exact) mass is 258 g/mol. The van der Waals surface area contributed by atoms with Crippen molar-refractivity contribution in [2.45, 2.75) is 13.0 Å². The first-order valence-electron chi connectivity index (χ1n) is 4.78. The van der Waals surface area contributed by atoms with Crippen LogP contribution in [0.2, 0.25) is 10.0 Å². The summed E-state index contributed by atoms with van der Waals surface area (Å²) in [6.07, 6.45) is 1.05. The minimum atomic E-state index is -0.545. The predicted octanol–water partition coefficient (Wildman–Crippen LogP) is 3.77. The quantitative estimate of drug-likeness (QED) is 0.594. The van der Waals surface area contributed by atoms with Crippen molar-refractivity contribution in [3.8, 4) is 0 Å². The maximum Gasteiger partial charge on any atom is 0.192 e. The van der Waals surface area contributed by atoms with Gasteiger partial charge in [-0.1, -0.05) is 29.3 Å². The van der Waals surface area contributed by atoms with Gasteiger partial charge < -0.3 is 4.74 Å². The van der Waals surface area contributed by atoms with E-state index in [4.69, 9.17) is 27.9 Å². The number of rotatable bonds is 5. The second kappa shape index (κ2) is 6.04. The van der Waals surface area contributed by atoms with Crippen LogP contribution in [0, 0.1) is 0 Å². The number of Topliss-reactive ketones (excluding diaryl/α,β-unsaturated/α-hetero) is 1. The lowest BCUT2D eigenvalue weighted by molar-refractivity contribution is 0.0566. The SMILES string of the molecule is C=CCOC(C)C(=O)c1ccc(Cl)cc1Cl. The Morgan fingerprint density at radius 2 is 2.25 bits per heavy atom. The second-order valence-electron chi connectivity index (χ2n) is 3.25. The predicted molar refractivity (Wildman–Crippen MR) is 66.4 cm³/mol. The van der Waals surface area contributed by atoms with Gasteiger partial charge in [0.1, 0.15) is 6.10 Å². The maximum atomic E-state index is 11.9. The summed E-state index contributed by atoms with van der Waals surface area (Å²) in [5, 5.41) is 0.841. The van der Waals surface area contributed by atoms with Crippen LogP contribution in [-0.2, 0) is 4.74 Å². The van der Waals surface area contributed by atoms with E-state index in [0.717, 1.165) is 0 Å². The molecule has 0 aliphatic heterocycles. The Morgan fingerprint density at radius 1 is 1.56 bits per heavy atom. The second-order valence-corrected chi connectivity index (χ2v) is 4.10. The van der Waals surface area contributed by atoms with E-state index >= 15 is 0 Å². The first kappa shape index (κ1) is 13.2. The van der Waals surface area contributed by atoms with Gasteiger partial charge in [-0.05, 0) is 25.1 Å². The van der Waals surface area contributed by atoms with Crippen LogP contribution >= 0.6 is 23.2 Å². The fourth-order valence-corrected chi connectivity index (χ4v) is 1.70. The first-order valence-corrected chi connectivity index (χ1v) is 5.53. The zero-order chi connectivity index (χ0) is 12.1. The van der Waals surface area contributed by atoms with E-state index in [-0.39, 0.29) is 5.78 Å². The molecule has 1 atom stereocenters. The van der Waals surface area contributed by atoms with E-state index in [2.05, 4.69) is 6.58 Å². The fourth-order valence-electron chi connectivity index (χ4n) is 1.20. The van der Waals surface area contributed by atoms with Crippen molar-refractivity contribution in [2.24, 2.45) is 0 Å². The molecule has 1 aromatic carbocycles. The van der Waals surface area contributed by atoms with E-state index in [0.29, 0.717) is 22.2 Å². The lowest BCUT2D eigenvalue weighted by atomic mass is 10.1. The van der Waals surface area contributed by atoms with Gasteiger partial charge in [0.15, 0.2) is 5.78 Å². The van der Waals surface area contributed by atoms with Crippen molar-refractivity contribution in [1.29, 1.82) is 0 Å². The average Bonchev–Trinajstić information content (AvgIpc) is 2.25. The molecule has 0 N–H and O–H groups in total. The summed E-state index contributed by atoms with van der Waals surface area (Å²) >= 11 is 11.7. The average molecular weight is 259 g/mol. The third kappa shape index (κ3) is 3.34. The lowest BCUT2D eigenvalue weighted by Gasteiger charge is -2.11. The molecule has 0 fully saturated rings. The number of halogens is 2. The van der Waals surface area contributed by atoms with Crippen LogP contribution in [0.5, 0.6) is 0 Å². The molecule has 0 radical (unpaired) electrons. The molecule has 0 spiro atoms. The Bertz CT molecular complexity index is 402. The molecule has 4 heteroatoms.